The van der Waals surface area contributed by atoms with E-state index in [0.717, 1.165) is 21.1 Å². The van der Waals surface area contributed by atoms with Gasteiger partial charge in [-0.05, 0) is 28.0 Å². The van der Waals surface area contributed by atoms with Gasteiger partial charge >= 0.3 is 0 Å². The van der Waals surface area contributed by atoms with Crippen molar-refractivity contribution in [2.75, 3.05) is 0 Å². The molecule has 2 nitrogen and oxygen atoms in total. The van der Waals surface area contributed by atoms with Gasteiger partial charge in [-0.2, -0.15) is 0 Å². The highest BCUT2D eigenvalue weighted by Crippen LogP contribution is 2.33. The van der Waals surface area contributed by atoms with Gasteiger partial charge in [0.25, 0.3) is 0 Å². The van der Waals surface area contributed by atoms with E-state index in [0.29, 0.717) is 0 Å². The highest BCUT2D eigenvalue weighted by Gasteiger charge is 2.09. The number of benzene rings is 4. The first-order valence-electron chi connectivity index (χ1n) is 8.77. The Hall–Kier alpha value is -3.30. The van der Waals surface area contributed by atoms with Crippen molar-refractivity contribution in [1.82, 2.24) is 10.2 Å². The number of hydrogen-bond donors (Lipinski definition) is 0. The summed E-state index contributed by atoms with van der Waals surface area (Å²) in [5, 5.41) is 13.1. The molecule has 0 N–H and O–H groups in total. The maximum Gasteiger partial charge on any atom is 0.148 e. The molecule has 0 spiro atoms. The molecule has 27 heavy (non-hydrogen) atoms. The lowest BCUT2D eigenvalue weighted by atomic mass is 9.98. The van der Waals surface area contributed by atoms with Crippen molar-refractivity contribution in [3.05, 3.63) is 97.1 Å². The average molecular weight is 363 g/mol. The van der Waals surface area contributed by atoms with Crippen LogP contribution in [-0.2, 0) is 0 Å². The summed E-state index contributed by atoms with van der Waals surface area (Å²) in [5.74, 6) is 0. The largest absolute Gasteiger partial charge is 0.148 e. The molecule has 1 radical (unpaired) electrons. The molecule has 5 rings (SSSR count). The summed E-state index contributed by atoms with van der Waals surface area (Å²) in [4.78, 5) is 0. The minimum Gasteiger partial charge on any atom is -0.138 e. The number of rotatable bonds is 3. The van der Waals surface area contributed by atoms with Crippen molar-refractivity contribution < 1.29 is 0 Å². The highest BCUT2D eigenvalue weighted by molar-refractivity contribution is 7.17. The Balaban J connectivity index is 1.50. The molecule has 0 unspecified atom stereocenters. The molecule has 5 aromatic rings. The van der Waals surface area contributed by atoms with Gasteiger partial charge in [-0.25, -0.2) is 0 Å². The van der Waals surface area contributed by atoms with Crippen molar-refractivity contribution in [3.8, 4) is 32.3 Å². The van der Waals surface area contributed by atoms with Crippen LogP contribution < -0.4 is 0 Å². The summed E-state index contributed by atoms with van der Waals surface area (Å²) < 4.78 is 0. The Bertz CT molecular complexity index is 1200. The molecule has 1 heterocycles. The van der Waals surface area contributed by atoms with Gasteiger partial charge < -0.3 is 0 Å². The van der Waals surface area contributed by atoms with E-state index in [-0.39, 0.29) is 0 Å². The lowest BCUT2D eigenvalue weighted by molar-refractivity contribution is 1.10. The third kappa shape index (κ3) is 3.03. The normalized spacial score (nSPS) is 11.0. The topological polar surface area (TPSA) is 25.8 Å². The Morgan fingerprint density at radius 2 is 1.22 bits per heavy atom. The maximum absolute atomic E-state index is 4.37. The van der Waals surface area contributed by atoms with Gasteiger partial charge in [0, 0.05) is 11.1 Å². The Kier molecular flexibility index (Phi) is 4.00. The highest BCUT2D eigenvalue weighted by atomic mass is 32.1. The van der Waals surface area contributed by atoms with Crippen LogP contribution in [0.15, 0.2) is 91.0 Å². The molecular weight excluding hydrogens is 348 g/mol. The smallest absolute Gasteiger partial charge is 0.138 e. The first-order valence-corrected chi connectivity index (χ1v) is 9.59. The van der Waals surface area contributed by atoms with Crippen LogP contribution in [0.3, 0.4) is 0 Å². The Labute approximate surface area is 161 Å². The third-order valence-electron chi connectivity index (χ3n) is 4.62. The molecule has 0 aliphatic carbocycles. The summed E-state index contributed by atoms with van der Waals surface area (Å²) >= 11 is 1.61. The first-order chi connectivity index (χ1) is 13.4. The molecule has 4 aromatic carbocycles. The van der Waals surface area contributed by atoms with E-state index >= 15 is 0 Å². The quantitative estimate of drug-likeness (QED) is 0.366. The molecule has 0 bridgehead atoms. The van der Waals surface area contributed by atoms with Gasteiger partial charge in [0.15, 0.2) is 0 Å². The van der Waals surface area contributed by atoms with E-state index in [1.807, 2.05) is 24.3 Å². The van der Waals surface area contributed by atoms with Gasteiger partial charge in [-0.15, -0.1) is 10.2 Å². The second kappa shape index (κ2) is 6.78. The van der Waals surface area contributed by atoms with Crippen LogP contribution in [0.25, 0.3) is 43.0 Å². The minimum atomic E-state index is 0.928. The van der Waals surface area contributed by atoms with Crippen molar-refractivity contribution >= 4 is 22.1 Å². The summed E-state index contributed by atoms with van der Waals surface area (Å²) in [6.07, 6.45) is 0. The van der Waals surface area contributed by atoms with E-state index in [1.54, 1.807) is 11.3 Å². The minimum absolute atomic E-state index is 0.928. The lowest BCUT2D eigenvalue weighted by Crippen LogP contribution is -1.82. The van der Waals surface area contributed by atoms with E-state index < -0.39 is 0 Å². The van der Waals surface area contributed by atoms with Crippen LogP contribution in [0.4, 0.5) is 0 Å². The molecule has 1 aromatic heterocycles. The van der Waals surface area contributed by atoms with Gasteiger partial charge in [-0.3, -0.25) is 0 Å². The summed E-state index contributed by atoms with van der Waals surface area (Å²) in [5.41, 5.74) is 4.62. The second-order valence-electron chi connectivity index (χ2n) is 6.31. The number of fused-ring (bicyclic) bond motifs is 1. The number of hydrogen-bond acceptors (Lipinski definition) is 3. The van der Waals surface area contributed by atoms with Crippen LogP contribution >= 0.6 is 11.3 Å². The first kappa shape index (κ1) is 15.9. The van der Waals surface area contributed by atoms with E-state index in [2.05, 4.69) is 83.0 Å². The van der Waals surface area contributed by atoms with Gasteiger partial charge in [-0.1, -0.05) is 102 Å². The lowest BCUT2D eigenvalue weighted by Gasteiger charge is -2.07. The number of aromatic nitrogens is 2. The predicted molar refractivity (Wildman–Crippen MR) is 113 cm³/mol. The molecule has 0 aliphatic heterocycles. The zero-order valence-electron chi connectivity index (χ0n) is 14.5. The van der Waals surface area contributed by atoms with Gasteiger partial charge in [0.1, 0.15) is 10.0 Å². The van der Waals surface area contributed by atoms with Gasteiger partial charge in [0.05, 0.1) is 0 Å². The molecule has 0 saturated carbocycles. The molecule has 0 aliphatic rings. The molecule has 0 amide bonds. The molecule has 3 heteroatoms. The Morgan fingerprint density at radius 1 is 0.593 bits per heavy atom. The van der Waals surface area contributed by atoms with Crippen LogP contribution in [0, 0.1) is 6.07 Å². The average Bonchev–Trinajstić information content (AvgIpc) is 3.24. The molecular formula is C24H15N2S. The standard InChI is InChI=1S/C24H15N2S/c1-2-8-19(9-3-1)23-25-26-24(27-23)20-15-13-18(14-16-20)22-12-6-10-17-7-4-5-11-21(17)22/h2-16H. The molecule has 0 fully saturated rings. The molecule has 0 atom stereocenters. The summed E-state index contributed by atoms with van der Waals surface area (Å²) in [7, 11) is 0. The molecule has 127 valence electrons. The van der Waals surface area contributed by atoms with Crippen molar-refractivity contribution in [2.45, 2.75) is 0 Å². The monoisotopic (exact) mass is 363 g/mol. The van der Waals surface area contributed by atoms with E-state index in [4.69, 9.17) is 0 Å². The van der Waals surface area contributed by atoms with Crippen molar-refractivity contribution in [3.63, 3.8) is 0 Å². The molecule has 0 saturated heterocycles. The van der Waals surface area contributed by atoms with Crippen LogP contribution in [0.5, 0.6) is 0 Å². The zero-order chi connectivity index (χ0) is 18.1. The van der Waals surface area contributed by atoms with E-state index in [9.17, 15) is 0 Å². The fraction of sp³-hybridized carbons (Fsp3) is 0. The third-order valence-corrected chi connectivity index (χ3v) is 5.64. The SMILES string of the molecule is [c]1ccc(-c2nnc(-c3ccc(-c4cccc5ccccc45)cc3)s2)cc1. The van der Waals surface area contributed by atoms with Crippen molar-refractivity contribution in [1.29, 1.82) is 0 Å². The second-order valence-corrected chi connectivity index (χ2v) is 7.28. The van der Waals surface area contributed by atoms with Crippen LogP contribution in [-0.4, -0.2) is 10.2 Å². The predicted octanol–water partition coefficient (Wildman–Crippen LogP) is 6.49. The van der Waals surface area contributed by atoms with Crippen LogP contribution in [0.2, 0.25) is 0 Å². The fourth-order valence-electron chi connectivity index (χ4n) is 3.26. The summed E-state index contributed by atoms with van der Waals surface area (Å²) in [6, 6.07) is 34.3. The Morgan fingerprint density at radius 3 is 2.00 bits per heavy atom. The zero-order valence-corrected chi connectivity index (χ0v) is 15.3. The van der Waals surface area contributed by atoms with E-state index in [1.165, 1.54) is 21.9 Å². The number of nitrogens with zero attached hydrogens (tertiary/aromatic N) is 2. The summed E-state index contributed by atoms with van der Waals surface area (Å²) in [6.45, 7) is 0. The van der Waals surface area contributed by atoms with Crippen LogP contribution in [0.1, 0.15) is 0 Å². The van der Waals surface area contributed by atoms with Gasteiger partial charge in [0.2, 0.25) is 0 Å². The van der Waals surface area contributed by atoms with Crippen molar-refractivity contribution in [2.24, 2.45) is 0 Å². The fourth-order valence-corrected chi connectivity index (χ4v) is 4.11. The maximum atomic E-state index is 4.37.